The Labute approximate surface area is 91.2 Å². The SMILES string of the molecule is O=C(C1CCCC1)N1C[C@H]2CNC[C@H]2C1. The van der Waals surface area contributed by atoms with E-state index >= 15 is 0 Å². The second-order valence-corrected chi connectivity index (χ2v) is 5.40. The summed E-state index contributed by atoms with van der Waals surface area (Å²) in [6.45, 7) is 4.29. The van der Waals surface area contributed by atoms with Gasteiger partial charge in [0.05, 0.1) is 0 Å². The summed E-state index contributed by atoms with van der Waals surface area (Å²) < 4.78 is 0. The summed E-state index contributed by atoms with van der Waals surface area (Å²) in [5.74, 6) is 2.32. The van der Waals surface area contributed by atoms with E-state index in [9.17, 15) is 4.79 Å². The lowest BCUT2D eigenvalue weighted by atomic mass is 10.0. The van der Waals surface area contributed by atoms with Gasteiger partial charge in [-0.05, 0) is 24.7 Å². The average molecular weight is 208 g/mol. The van der Waals surface area contributed by atoms with Crippen molar-refractivity contribution >= 4 is 5.91 Å². The lowest BCUT2D eigenvalue weighted by Crippen LogP contribution is -2.35. The summed E-state index contributed by atoms with van der Waals surface area (Å²) in [6.07, 6.45) is 4.81. The van der Waals surface area contributed by atoms with Gasteiger partial charge in [-0.2, -0.15) is 0 Å². The largest absolute Gasteiger partial charge is 0.342 e. The molecular weight excluding hydrogens is 188 g/mol. The number of nitrogens with one attached hydrogen (secondary N) is 1. The van der Waals surface area contributed by atoms with Crippen LogP contribution in [-0.2, 0) is 4.79 Å². The van der Waals surface area contributed by atoms with Gasteiger partial charge in [0.2, 0.25) is 5.91 Å². The number of rotatable bonds is 1. The van der Waals surface area contributed by atoms with Crippen LogP contribution in [0.3, 0.4) is 0 Å². The van der Waals surface area contributed by atoms with E-state index in [1.807, 2.05) is 0 Å². The summed E-state index contributed by atoms with van der Waals surface area (Å²) in [6, 6.07) is 0. The zero-order valence-corrected chi connectivity index (χ0v) is 9.24. The van der Waals surface area contributed by atoms with E-state index in [2.05, 4.69) is 10.2 Å². The van der Waals surface area contributed by atoms with Crippen LogP contribution < -0.4 is 5.32 Å². The molecule has 0 spiro atoms. The number of amides is 1. The van der Waals surface area contributed by atoms with E-state index in [0.29, 0.717) is 11.8 Å². The molecular formula is C12H20N2O. The number of nitrogens with zero attached hydrogens (tertiary/aromatic N) is 1. The second-order valence-electron chi connectivity index (χ2n) is 5.40. The highest BCUT2D eigenvalue weighted by Gasteiger charge is 2.39. The molecule has 3 aliphatic rings. The molecule has 0 aromatic rings. The van der Waals surface area contributed by atoms with Gasteiger partial charge in [0.25, 0.3) is 0 Å². The van der Waals surface area contributed by atoms with Crippen LogP contribution >= 0.6 is 0 Å². The summed E-state index contributed by atoms with van der Waals surface area (Å²) in [5.41, 5.74) is 0. The quantitative estimate of drug-likeness (QED) is 0.693. The minimum atomic E-state index is 0.372. The lowest BCUT2D eigenvalue weighted by molar-refractivity contribution is -0.134. The van der Waals surface area contributed by atoms with E-state index in [0.717, 1.165) is 50.9 Å². The highest BCUT2D eigenvalue weighted by molar-refractivity contribution is 5.79. The van der Waals surface area contributed by atoms with Crippen LogP contribution in [0, 0.1) is 17.8 Å². The number of fused-ring (bicyclic) bond motifs is 1. The summed E-state index contributed by atoms with van der Waals surface area (Å²) >= 11 is 0. The number of carbonyl (C=O) groups is 1. The third-order valence-corrected chi connectivity index (χ3v) is 4.41. The third-order valence-electron chi connectivity index (χ3n) is 4.41. The number of hydrogen-bond acceptors (Lipinski definition) is 2. The standard InChI is InChI=1S/C12H20N2O/c15-12(9-3-1-2-4-9)14-7-10-5-13-6-11(10)8-14/h9-11,13H,1-8H2/t10-,11+. The molecule has 2 saturated heterocycles. The molecule has 0 aromatic heterocycles. The van der Waals surface area contributed by atoms with Gasteiger partial charge in [-0.15, -0.1) is 0 Å². The van der Waals surface area contributed by atoms with E-state index < -0.39 is 0 Å². The monoisotopic (exact) mass is 208 g/mol. The average Bonchev–Trinajstić information content (AvgIpc) is 2.92. The zero-order chi connectivity index (χ0) is 10.3. The molecule has 1 N–H and O–H groups in total. The Morgan fingerprint density at radius 2 is 1.67 bits per heavy atom. The van der Waals surface area contributed by atoms with Crippen LogP contribution in [-0.4, -0.2) is 37.0 Å². The Morgan fingerprint density at radius 3 is 2.27 bits per heavy atom. The Kier molecular flexibility index (Phi) is 2.43. The van der Waals surface area contributed by atoms with Crippen LogP contribution in [0.25, 0.3) is 0 Å². The van der Waals surface area contributed by atoms with Crippen molar-refractivity contribution in [2.24, 2.45) is 17.8 Å². The second kappa shape index (κ2) is 3.78. The van der Waals surface area contributed by atoms with Crippen molar-refractivity contribution in [2.75, 3.05) is 26.2 Å². The summed E-state index contributed by atoms with van der Waals surface area (Å²) in [4.78, 5) is 14.3. The fraction of sp³-hybridized carbons (Fsp3) is 0.917. The van der Waals surface area contributed by atoms with Gasteiger partial charge in [-0.1, -0.05) is 12.8 Å². The topological polar surface area (TPSA) is 32.3 Å². The van der Waals surface area contributed by atoms with Crippen molar-refractivity contribution in [1.82, 2.24) is 10.2 Å². The van der Waals surface area contributed by atoms with Crippen LogP contribution in [0.1, 0.15) is 25.7 Å². The highest BCUT2D eigenvalue weighted by atomic mass is 16.2. The molecule has 1 saturated carbocycles. The van der Waals surface area contributed by atoms with Gasteiger partial charge >= 0.3 is 0 Å². The van der Waals surface area contributed by atoms with Crippen LogP contribution in [0.2, 0.25) is 0 Å². The Balaban J connectivity index is 1.61. The van der Waals surface area contributed by atoms with Gasteiger partial charge in [-0.25, -0.2) is 0 Å². The molecule has 3 rings (SSSR count). The number of hydrogen-bond donors (Lipinski definition) is 1. The van der Waals surface area contributed by atoms with E-state index in [-0.39, 0.29) is 0 Å². The van der Waals surface area contributed by atoms with Gasteiger partial charge < -0.3 is 10.2 Å². The van der Waals surface area contributed by atoms with Crippen LogP contribution in [0.15, 0.2) is 0 Å². The van der Waals surface area contributed by atoms with Gasteiger partial charge in [-0.3, -0.25) is 4.79 Å². The molecule has 3 heteroatoms. The predicted molar refractivity (Wildman–Crippen MR) is 58.4 cm³/mol. The maximum atomic E-state index is 12.2. The molecule has 0 aromatic carbocycles. The molecule has 0 bridgehead atoms. The fourth-order valence-electron chi connectivity index (χ4n) is 3.47. The Bertz CT molecular complexity index is 248. The molecule has 2 heterocycles. The van der Waals surface area contributed by atoms with Crippen LogP contribution in [0.5, 0.6) is 0 Å². The predicted octanol–water partition coefficient (Wildman–Crippen LogP) is 0.854. The Morgan fingerprint density at radius 1 is 1.07 bits per heavy atom. The molecule has 0 unspecified atom stereocenters. The normalized spacial score (nSPS) is 36.1. The summed E-state index contributed by atoms with van der Waals surface area (Å²) in [7, 11) is 0. The van der Waals surface area contributed by atoms with E-state index in [1.165, 1.54) is 12.8 Å². The highest BCUT2D eigenvalue weighted by Crippen LogP contribution is 2.31. The first-order valence-corrected chi connectivity index (χ1v) is 6.34. The smallest absolute Gasteiger partial charge is 0.225 e. The minimum absolute atomic E-state index is 0.372. The van der Waals surface area contributed by atoms with Gasteiger partial charge in [0, 0.05) is 32.1 Å². The van der Waals surface area contributed by atoms with Crippen molar-refractivity contribution < 1.29 is 4.79 Å². The van der Waals surface area contributed by atoms with Crippen molar-refractivity contribution in [3.63, 3.8) is 0 Å². The van der Waals surface area contributed by atoms with Crippen LogP contribution in [0.4, 0.5) is 0 Å². The minimum Gasteiger partial charge on any atom is -0.342 e. The molecule has 1 amide bonds. The molecule has 15 heavy (non-hydrogen) atoms. The van der Waals surface area contributed by atoms with E-state index in [1.54, 1.807) is 0 Å². The van der Waals surface area contributed by atoms with Crippen molar-refractivity contribution in [3.05, 3.63) is 0 Å². The first-order chi connectivity index (χ1) is 7.34. The van der Waals surface area contributed by atoms with Gasteiger partial charge in [0.15, 0.2) is 0 Å². The lowest BCUT2D eigenvalue weighted by Gasteiger charge is -2.21. The molecule has 1 aliphatic carbocycles. The van der Waals surface area contributed by atoms with Crippen molar-refractivity contribution in [2.45, 2.75) is 25.7 Å². The molecule has 0 radical (unpaired) electrons. The fourth-order valence-corrected chi connectivity index (χ4v) is 3.47. The van der Waals surface area contributed by atoms with Crippen molar-refractivity contribution in [3.8, 4) is 0 Å². The molecule has 2 aliphatic heterocycles. The maximum absolute atomic E-state index is 12.2. The Hall–Kier alpha value is -0.570. The molecule has 2 atom stereocenters. The van der Waals surface area contributed by atoms with E-state index in [4.69, 9.17) is 0 Å². The first-order valence-electron chi connectivity index (χ1n) is 6.34. The summed E-state index contributed by atoms with van der Waals surface area (Å²) in [5, 5.41) is 3.42. The third kappa shape index (κ3) is 1.67. The molecule has 3 nitrogen and oxygen atoms in total. The van der Waals surface area contributed by atoms with Crippen molar-refractivity contribution in [1.29, 1.82) is 0 Å². The van der Waals surface area contributed by atoms with Gasteiger partial charge in [0.1, 0.15) is 0 Å². The number of carbonyl (C=O) groups excluding carboxylic acids is 1. The zero-order valence-electron chi connectivity index (χ0n) is 9.24. The first kappa shape index (κ1) is 9.64. The molecule has 84 valence electrons. The number of likely N-dealkylation sites (tertiary alicyclic amines) is 1. The maximum Gasteiger partial charge on any atom is 0.225 e. The molecule has 3 fully saturated rings.